The molecule has 1 heterocycles. The SMILES string of the molecule is CCc1ccc(S(=O)(=O)Nc2noc(C(C)(C)C)n2)cc1. The second kappa shape index (κ2) is 5.48. The molecular weight excluding hydrogens is 290 g/mol. The van der Waals surface area contributed by atoms with Gasteiger partial charge in [0.15, 0.2) is 0 Å². The minimum Gasteiger partial charge on any atom is -0.337 e. The molecule has 1 N–H and O–H groups in total. The van der Waals surface area contributed by atoms with Gasteiger partial charge in [-0.15, -0.1) is 0 Å². The van der Waals surface area contributed by atoms with E-state index in [2.05, 4.69) is 14.9 Å². The van der Waals surface area contributed by atoms with Crippen LogP contribution in [0.15, 0.2) is 33.7 Å². The number of sulfonamides is 1. The number of hydrogen-bond acceptors (Lipinski definition) is 5. The van der Waals surface area contributed by atoms with Crippen LogP contribution in [0.1, 0.15) is 39.1 Å². The van der Waals surface area contributed by atoms with Crippen molar-refractivity contribution in [3.63, 3.8) is 0 Å². The Morgan fingerprint density at radius 3 is 2.29 bits per heavy atom. The Morgan fingerprint density at radius 2 is 1.81 bits per heavy atom. The van der Waals surface area contributed by atoms with Crippen LogP contribution in [0.2, 0.25) is 0 Å². The van der Waals surface area contributed by atoms with Crippen molar-refractivity contribution < 1.29 is 12.9 Å². The molecule has 0 saturated carbocycles. The Hall–Kier alpha value is -1.89. The molecule has 0 aliphatic heterocycles. The van der Waals surface area contributed by atoms with Crippen molar-refractivity contribution in [2.45, 2.75) is 44.4 Å². The molecule has 0 bridgehead atoms. The minimum absolute atomic E-state index is 0.0560. The number of benzene rings is 1. The van der Waals surface area contributed by atoms with Gasteiger partial charge in [-0.25, -0.2) is 13.1 Å². The number of anilines is 1. The average molecular weight is 309 g/mol. The van der Waals surface area contributed by atoms with Gasteiger partial charge in [-0.1, -0.05) is 39.8 Å². The van der Waals surface area contributed by atoms with E-state index >= 15 is 0 Å². The van der Waals surface area contributed by atoms with Gasteiger partial charge in [-0.05, 0) is 29.3 Å². The molecule has 114 valence electrons. The molecular formula is C14H19N3O3S. The van der Waals surface area contributed by atoms with Gasteiger partial charge in [-0.3, -0.25) is 0 Å². The Kier molecular flexibility index (Phi) is 4.04. The zero-order valence-corrected chi connectivity index (χ0v) is 13.4. The summed E-state index contributed by atoms with van der Waals surface area (Å²) in [7, 11) is -3.71. The molecule has 0 aliphatic rings. The summed E-state index contributed by atoms with van der Waals surface area (Å²) in [5.41, 5.74) is 0.739. The quantitative estimate of drug-likeness (QED) is 0.938. The number of rotatable bonds is 4. The first-order valence-electron chi connectivity index (χ1n) is 6.68. The predicted octanol–water partition coefficient (Wildman–Crippen LogP) is 2.73. The van der Waals surface area contributed by atoms with Crippen molar-refractivity contribution in [3.05, 3.63) is 35.7 Å². The summed E-state index contributed by atoms with van der Waals surface area (Å²) in [4.78, 5) is 4.23. The Morgan fingerprint density at radius 1 is 1.19 bits per heavy atom. The van der Waals surface area contributed by atoms with Crippen molar-refractivity contribution in [2.24, 2.45) is 0 Å². The maximum absolute atomic E-state index is 12.2. The minimum atomic E-state index is -3.71. The molecule has 2 aromatic rings. The first kappa shape index (κ1) is 15.5. The molecule has 1 aromatic heterocycles. The van der Waals surface area contributed by atoms with Gasteiger partial charge < -0.3 is 4.52 Å². The molecule has 0 atom stereocenters. The van der Waals surface area contributed by atoms with Crippen LogP contribution in [0, 0.1) is 0 Å². The molecule has 0 radical (unpaired) electrons. The van der Waals surface area contributed by atoms with E-state index < -0.39 is 10.0 Å². The van der Waals surface area contributed by atoms with E-state index in [1.807, 2.05) is 27.7 Å². The van der Waals surface area contributed by atoms with Crippen LogP contribution >= 0.6 is 0 Å². The molecule has 6 nitrogen and oxygen atoms in total. The monoisotopic (exact) mass is 309 g/mol. The predicted molar refractivity (Wildman–Crippen MR) is 79.6 cm³/mol. The van der Waals surface area contributed by atoms with E-state index in [9.17, 15) is 8.42 Å². The molecule has 0 spiro atoms. The van der Waals surface area contributed by atoms with Crippen molar-refractivity contribution in [1.82, 2.24) is 10.1 Å². The molecule has 0 aliphatic carbocycles. The summed E-state index contributed by atoms with van der Waals surface area (Å²) in [6, 6.07) is 6.69. The molecule has 0 fully saturated rings. The van der Waals surface area contributed by atoms with Crippen LogP contribution in [-0.4, -0.2) is 18.6 Å². The van der Waals surface area contributed by atoms with E-state index in [4.69, 9.17) is 4.52 Å². The standard InChI is InChI=1S/C14H19N3O3S/c1-5-10-6-8-11(9-7-10)21(18,19)17-13-15-12(20-16-13)14(2,3)4/h6-9H,5H2,1-4H3,(H,16,17). The number of nitrogens with one attached hydrogen (secondary N) is 1. The number of hydrogen-bond donors (Lipinski definition) is 1. The van der Waals surface area contributed by atoms with Crippen molar-refractivity contribution >= 4 is 16.0 Å². The lowest BCUT2D eigenvalue weighted by atomic mass is 9.97. The van der Waals surface area contributed by atoms with Crippen molar-refractivity contribution in [3.8, 4) is 0 Å². The summed E-state index contributed by atoms with van der Waals surface area (Å²) < 4.78 is 31.8. The summed E-state index contributed by atoms with van der Waals surface area (Å²) in [6.07, 6.45) is 0.855. The van der Waals surface area contributed by atoms with Crippen LogP contribution in [0.25, 0.3) is 0 Å². The van der Waals surface area contributed by atoms with Gasteiger partial charge >= 0.3 is 0 Å². The van der Waals surface area contributed by atoms with Crippen LogP contribution in [0.5, 0.6) is 0 Å². The van der Waals surface area contributed by atoms with E-state index in [1.54, 1.807) is 24.3 Å². The molecule has 1 aromatic carbocycles. The highest BCUT2D eigenvalue weighted by atomic mass is 32.2. The number of aromatic nitrogens is 2. The average Bonchev–Trinajstić information content (AvgIpc) is 2.86. The van der Waals surface area contributed by atoms with Gasteiger partial charge in [0.2, 0.25) is 5.89 Å². The topological polar surface area (TPSA) is 85.1 Å². The van der Waals surface area contributed by atoms with E-state index in [1.165, 1.54) is 0 Å². The Labute approximate surface area is 124 Å². The lowest BCUT2D eigenvalue weighted by Crippen LogP contribution is -2.15. The van der Waals surface area contributed by atoms with Crippen LogP contribution in [0.4, 0.5) is 5.95 Å². The summed E-state index contributed by atoms with van der Waals surface area (Å²) >= 11 is 0. The fraction of sp³-hybridized carbons (Fsp3) is 0.429. The molecule has 21 heavy (non-hydrogen) atoms. The summed E-state index contributed by atoms with van der Waals surface area (Å²) in [5, 5.41) is 3.65. The second-order valence-electron chi connectivity index (χ2n) is 5.78. The zero-order valence-electron chi connectivity index (χ0n) is 12.5. The van der Waals surface area contributed by atoms with Crippen LogP contribution < -0.4 is 4.72 Å². The third-order valence-electron chi connectivity index (χ3n) is 2.94. The first-order valence-corrected chi connectivity index (χ1v) is 8.16. The van der Waals surface area contributed by atoms with Crippen molar-refractivity contribution in [2.75, 3.05) is 4.72 Å². The highest BCUT2D eigenvalue weighted by Crippen LogP contribution is 2.22. The molecule has 7 heteroatoms. The van der Waals surface area contributed by atoms with E-state index in [-0.39, 0.29) is 16.3 Å². The van der Waals surface area contributed by atoms with E-state index in [0.29, 0.717) is 5.89 Å². The third kappa shape index (κ3) is 3.60. The number of aryl methyl sites for hydroxylation is 1. The summed E-state index contributed by atoms with van der Waals surface area (Å²) in [6.45, 7) is 7.72. The molecule has 0 amide bonds. The molecule has 2 rings (SSSR count). The van der Waals surface area contributed by atoms with Gasteiger partial charge in [0.1, 0.15) is 0 Å². The highest BCUT2D eigenvalue weighted by Gasteiger charge is 2.24. The van der Waals surface area contributed by atoms with Gasteiger partial charge in [0.25, 0.3) is 16.0 Å². The molecule has 0 unspecified atom stereocenters. The largest absolute Gasteiger partial charge is 0.337 e. The van der Waals surface area contributed by atoms with Crippen LogP contribution in [-0.2, 0) is 21.9 Å². The lowest BCUT2D eigenvalue weighted by molar-refractivity contribution is 0.321. The number of nitrogens with zero attached hydrogens (tertiary/aromatic N) is 2. The smallest absolute Gasteiger partial charge is 0.277 e. The van der Waals surface area contributed by atoms with E-state index in [0.717, 1.165) is 12.0 Å². The fourth-order valence-corrected chi connectivity index (χ4v) is 2.59. The normalized spacial score (nSPS) is 12.4. The second-order valence-corrected chi connectivity index (χ2v) is 7.46. The fourth-order valence-electron chi connectivity index (χ4n) is 1.65. The third-order valence-corrected chi connectivity index (χ3v) is 4.28. The van der Waals surface area contributed by atoms with Gasteiger partial charge in [0, 0.05) is 5.41 Å². The van der Waals surface area contributed by atoms with Gasteiger partial charge in [0.05, 0.1) is 4.90 Å². The molecule has 0 saturated heterocycles. The Bertz CT molecular complexity index is 713. The zero-order chi connectivity index (χ0) is 15.7. The lowest BCUT2D eigenvalue weighted by Gasteiger charge is -2.10. The van der Waals surface area contributed by atoms with Gasteiger partial charge in [-0.2, -0.15) is 4.98 Å². The Balaban J connectivity index is 2.22. The maximum atomic E-state index is 12.2. The summed E-state index contributed by atoms with van der Waals surface area (Å²) in [5.74, 6) is 0.320. The van der Waals surface area contributed by atoms with Crippen LogP contribution in [0.3, 0.4) is 0 Å². The first-order chi connectivity index (χ1) is 9.72. The van der Waals surface area contributed by atoms with Crippen molar-refractivity contribution in [1.29, 1.82) is 0 Å². The highest BCUT2D eigenvalue weighted by molar-refractivity contribution is 7.92. The maximum Gasteiger partial charge on any atom is 0.277 e.